The van der Waals surface area contributed by atoms with E-state index in [4.69, 9.17) is 9.15 Å². The Morgan fingerprint density at radius 2 is 2.07 bits per heavy atom. The van der Waals surface area contributed by atoms with Crippen LogP contribution in [-0.2, 0) is 11.3 Å². The highest BCUT2D eigenvalue weighted by Gasteiger charge is 2.15. The van der Waals surface area contributed by atoms with E-state index < -0.39 is 0 Å². The molecule has 2 aromatic heterocycles. The van der Waals surface area contributed by atoms with Crippen molar-refractivity contribution >= 4 is 45.3 Å². The highest BCUT2D eigenvalue weighted by molar-refractivity contribution is 7.99. The van der Waals surface area contributed by atoms with Crippen LogP contribution in [0.4, 0.5) is 5.69 Å². The van der Waals surface area contributed by atoms with Crippen LogP contribution in [0.15, 0.2) is 46.0 Å². The van der Waals surface area contributed by atoms with E-state index in [9.17, 15) is 4.79 Å². The molecular weight excluding hydrogens is 390 g/mol. The summed E-state index contributed by atoms with van der Waals surface area (Å²) >= 11 is 1.29. The molecule has 2 heterocycles. The number of para-hydroxylation sites is 1. The minimum atomic E-state index is -0.178. The maximum Gasteiger partial charge on any atom is 0.234 e. The number of nitrogens with one attached hydrogen (secondary N) is 1. The summed E-state index contributed by atoms with van der Waals surface area (Å²) in [6.45, 7) is 4.88. The molecule has 0 saturated heterocycles. The number of ether oxygens (including phenoxy) is 1. The SMILES string of the molecule is COc1cc2c(cc1NC(=O)CSc1nnnn1CC(C)C)oc1ccccc12. The molecule has 0 saturated carbocycles. The van der Waals surface area contributed by atoms with Crippen molar-refractivity contribution in [3.05, 3.63) is 36.4 Å². The molecule has 0 fully saturated rings. The van der Waals surface area contributed by atoms with Gasteiger partial charge >= 0.3 is 0 Å². The van der Waals surface area contributed by atoms with E-state index in [1.165, 1.54) is 11.8 Å². The first-order chi connectivity index (χ1) is 14.0. The Morgan fingerprint density at radius 3 is 2.86 bits per heavy atom. The molecule has 0 radical (unpaired) electrons. The second kappa shape index (κ2) is 8.12. The van der Waals surface area contributed by atoms with E-state index in [2.05, 4.69) is 34.7 Å². The Morgan fingerprint density at radius 1 is 1.24 bits per heavy atom. The van der Waals surface area contributed by atoms with Crippen molar-refractivity contribution < 1.29 is 13.9 Å². The van der Waals surface area contributed by atoms with Gasteiger partial charge in [0.1, 0.15) is 16.9 Å². The van der Waals surface area contributed by atoms with Gasteiger partial charge in [-0.2, -0.15) is 0 Å². The molecule has 0 unspecified atom stereocenters. The number of tetrazole rings is 1. The van der Waals surface area contributed by atoms with Crippen molar-refractivity contribution in [1.29, 1.82) is 0 Å². The van der Waals surface area contributed by atoms with Crippen molar-refractivity contribution in [2.45, 2.75) is 25.5 Å². The Kier molecular flexibility index (Phi) is 5.39. The van der Waals surface area contributed by atoms with Crippen LogP contribution in [0.1, 0.15) is 13.8 Å². The monoisotopic (exact) mass is 411 g/mol. The highest BCUT2D eigenvalue weighted by Crippen LogP contribution is 2.36. The minimum absolute atomic E-state index is 0.178. The van der Waals surface area contributed by atoms with E-state index in [0.717, 1.165) is 16.4 Å². The fourth-order valence-corrected chi connectivity index (χ4v) is 3.78. The van der Waals surface area contributed by atoms with Crippen molar-refractivity contribution in [3.8, 4) is 5.75 Å². The molecule has 0 aliphatic rings. The summed E-state index contributed by atoms with van der Waals surface area (Å²) in [6.07, 6.45) is 0. The molecule has 8 nitrogen and oxygen atoms in total. The predicted molar refractivity (Wildman–Crippen MR) is 112 cm³/mol. The van der Waals surface area contributed by atoms with Gasteiger partial charge in [-0.15, -0.1) is 5.10 Å². The van der Waals surface area contributed by atoms with Crippen LogP contribution in [0.25, 0.3) is 21.9 Å². The lowest BCUT2D eigenvalue weighted by molar-refractivity contribution is -0.113. The number of rotatable bonds is 7. The van der Waals surface area contributed by atoms with Crippen molar-refractivity contribution in [2.24, 2.45) is 5.92 Å². The molecule has 4 rings (SSSR count). The van der Waals surface area contributed by atoms with E-state index in [-0.39, 0.29) is 11.7 Å². The lowest BCUT2D eigenvalue weighted by Gasteiger charge is -2.10. The third kappa shape index (κ3) is 4.04. The van der Waals surface area contributed by atoms with Gasteiger partial charge < -0.3 is 14.5 Å². The van der Waals surface area contributed by atoms with Crippen LogP contribution in [0.3, 0.4) is 0 Å². The zero-order valence-corrected chi connectivity index (χ0v) is 17.2. The van der Waals surface area contributed by atoms with Gasteiger partial charge in [-0.25, -0.2) is 4.68 Å². The molecule has 1 N–H and O–H groups in total. The van der Waals surface area contributed by atoms with Gasteiger partial charge in [-0.05, 0) is 28.5 Å². The number of hydrogen-bond acceptors (Lipinski definition) is 7. The fraction of sp³-hybridized carbons (Fsp3) is 0.300. The van der Waals surface area contributed by atoms with E-state index in [0.29, 0.717) is 34.6 Å². The maximum absolute atomic E-state index is 12.5. The van der Waals surface area contributed by atoms with Gasteiger partial charge in [0.2, 0.25) is 11.1 Å². The standard InChI is InChI=1S/C20H21N5O3S/c1-12(2)10-25-20(22-23-24-25)29-11-19(26)21-15-9-17-14(8-18(15)27-3)13-6-4-5-7-16(13)28-17/h4-9,12H,10-11H2,1-3H3,(H,21,26). The van der Waals surface area contributed by atoms with Crippen molar-refractivity contribution in [1.82, 2.24) is 20.2 Å². The van der Waals surface area contributed by atoms with E-state index in [1.807, 2.05) is 30.3 Å². The Balaban J connectivity index is 1.52. The van der Waals surface area contributed by atoms with Gasteiger partial charge in [0.15, 0.2) is 0 Å². The largest absolute Gasteiger partial charge is 0.495 e. The van der Waals surface area contributed by atoms with Crippen LogP contribution in [-0.4, -0.2) is 39.0 Å². The average molecular weight is 411 g/mol. The molecule has 0 aliphatic heterocycles. The second-order valence-electron chi connectivity index (χ2n) is 7.02. The minimum Gasteiger partial charge on any atom is -0.495 e. The molecule has 0 spiro atoms. The number of carbonyl (C=O) groups is 1. The zero-order chi connectivity index (χ0) is 20.4. The van der Waals surface area contributed by atoms with Crippen LogP contribution >= 0.6 is 11.8 Å². The number of anilines is 1. The number of furan rings is 1. The Bertz CT molecular complexity index is 1170. The summed E-state index contributed by atoms with van der Waals surface area (Å²) < 4.78 is 13.1. The predicted octanol–water partition coefficient (Wildman–Crippen LogP) is 3.97. The first kappa shape index (κ1) is 19.3. The summed E-state index contributed by atoms with van der Waals surface area (Å²) in [5.41, 5.74) is 2.04. The van der Waals surface area contributed by atoms with Gasteiger partial charge in [0, 0.05) is 23.4 Å². The number of nitrogens with zero attached hydrogens (tertiary/aromatic N) is 4. The topological polar surface area (TPSA) is 95.1 Å². The molecule has 0 atom stereocenters. The number of hydrogen-bond donors (Lipinski definition) is 1. The molecule has 0 aliphatic carbocycles. The summed E-state index contributed by atoms with van der Waals surface area (Å²) in [6, 6.07) is 11.5. The lowest BCUT2D eigenvalue weighted by Crippen LogP contribution is -2.16. The lowest BCUT2D eigenvalue weighted by atomic mass is 10.1. The Hall–Kier alpha value is -3.07. The Labute approximate surface area is 171 Å². The fourth-order valence-electron chi connectivity index (χ4n) is 3.09. The normalized spacial score (nSPS) is 11.4. The first-order valence-electron chi connectivity index (χ1n) is 9.23. The maximum atomic E-state index is 12.5. The van der Waals surface area contributed by atoms with Gasteiger partial charge in [-0.3, -0.25) is 4.79 Å². The molecule has 150 valence electrons. The molecule has 4 aromatic rings. The summed E-state index contributed by atoms with van der Waals surface area (Å²) in [7, 11) is 1.58. The number of thioether (sulfide) groups is 1. The van der Waals surface area contributed by atoms with Crippen molar-refractivity contribution in [3.63, 3.8) is 0 Å². The molecule has 2 aromatic carbocycles. The molecule has 29 heavy (non-hydrogen) atoms. The molecule has 9 heteroatoms. The van der Waals surface area contributed by atoms with Crippen molar-refractivity contribution in [2.75, 3.05) is 18.2 Å². The average Bonchev–Trinajstić information content (AvgIpc) is 3.28. The van der Waals surface area contributed by atoms with Crippen LogP contribution < -0.4 is 10.1 Å². The smallest absolute Gasteiger partial charge is 0.234 e. The van der Waals surface area contributed by atoms with Crippen LogP contribution in [0.2, 0.25) is 0 Å². The number of benzene rings is 2. The zero-order valence-electron chi connectivity index (χ0n) is 16.4. The molecule has 0 bridgehead atoms. The number of methoxy groups -OCH3 is 1. The number of aromatic nitrogens is 4. The van der Waals surface area contributed by atoms with Gasteiger partial charge in [-0.1, -0.05) is 43.8 Å². The number of amides is 1. The molecular formula is C20H21N5O3S. The number of carbonyl (C=O) groups excluding carboxylic acids is 1. The van der Waals surface area contributed by atoms with Gasteiger partial charge in [0.05, 0.1) is 18.6 Å². The van der Waals surface area contributed by atoms with Crippen LogP contribution in [0.5, 0.6) is 5.75 Å². The number of fused-ring (bicyclic) bond motifs is 3. The third-order valence-electron chi connectivity index (χ3n) is 4.34. The summed E-state index contributed by atoms with van der Waals surface area (Å²) in [4.78, 5) is 12.5. The molecule has 1 amide bonds. The first-order valence-corrected chi connectivity index (χ1v) is 10.2. The quantitative estimate of drug-likeness (QED) is 0.460. The highest BCUT2D eigenvalue weighted by atomic mass is 32.2. The second-order valence-corrected chi connectivity index (χ2v) is 7.96. The third-order valence-corrected chi connectivity index (χ3v) is 5.30. The van der Waals surface area contributed by atoms with Gasteiger partial charge in [0.25, 0.3) is 0 Å². The summed E-state index contributed by atoms with van der Waals surface area (Å²) in [5.74, 6) is 0.987. The van der Waals surface area contributed by atoms with Crippen LogP contribution in [0, 0.1) is 5.92 Å². The van der Waals surface area contributed by atoms with E-state index >= 15 is 0 Å². The van der Waals surface area contributed by atoms with E-state index in [1.54, 1.807) is 17.9 Å². The summed E-state index contributed by atoms with van der Waals surface area (Å²) in [5, 5.41) is 17.1.